The minimum Gasteiger partial charge on any atom is -0.373 e. The molecule has 0 radical (unpaired) electrons. The van der Waals surface area contributed by atoms with Crippen LogP contribution in [0.4, 0.5) is 5.13 Å². The first kappa shape index (κ1) is 19.9. The van der Waals surface area contributed by atoms with Gasteiger partial charge in [-0.15, -0.1) is 22.7 Å². The Morgan fingerprint density at radius 1 is 1.30 bits per heavy atom. The van der Waals surface area contributed by atoms with Crippen molar-refractivity contribution in [2.24, 2.45) is 0 Å². The maximum absolute atomic E-state index is 12.4. The first-order chi connectivity index (χ1) is 12.9. The van der Waals surface area contributed by atoms with Crippen molar-refractivity contribution < 1.29 is 14.3 Å². The van der Waals surface area contributed by atoms with Gasteiger partial charge in [0, 0.05) is 36.8 Å². The molecule has 2 N–H and O–H groups in total. The summed E-state index contributed by atoms with van der Waals surface area (Å²) in [7, 11) is 0. The highest BCUT2D eigenvalue weighted by Gasteiger charge is 2.23. The van der Waals surface area contributed by atoms with Gasteiger partial charge in [-0.05, 0) is 26.0 Å². The first-order valence-corrected chi connectivity index (χ1v) is 10.6. The third kappa shape index (κ3) is 5.83. The van der Waals surface area contributed by atoms with Gasteiger partial charge in [-0.1, -0.05) is 0 Å². The minimum atomic E-state index is -0.177. The van der Waals surface area contributed by atoms with Crippen LogP contribution in [0, 0.1) is 0 Å². The van der Waals surface area contributed by atoms with E-state index in [4.69, 9.17) is 4.74 Å². The molecule has 1 fully saturated rings. The summed E-state index contributed by atoms with van der Waals surface area (Å²) in [5, 5.41) is 8.17. The molecular weight excluding hydrogens is 384 g/mol. The number of rotatable bonds is 6. The summed E-state index contributed by atoms with van der Waals surface area (Å²) in [6, 6.07) is 3.62. The molecule has 0 aromatic carbocycles. The number of anilines is 1. The molecule has 9 heteroatoms. The van der Waals surface area contributed by atoms with E-state index in [2.05, 4.69) is 34.4 Å². The fourth-order valence-corrected chi connectivity index (χ4v) is 4.58. The molecule has 7 nitrogen and oxygen atoms in total. The van der Waals surface area contributed by atoms with Gasteiger partial charge < -0.3 is 10.1 Å². The van der Waals surface area contributed by atoms with E-state index < -0.39 is 0 Å². The summed E-state index contributed by atoms with van der Waals surface area (Å²) in [5.41, 5.74) is 0.953. The van der Waals surface area contributed by atoms with Crippen molar-refractivity contribution in [2.75, 3.05) is 18.4 Å². The Morgan fingerprint density at radius 3 is 2.74 bits per heavy atom. The lowest BCUT2D eigenvalue weighted by molar-refractivity contribution is -0.119. The number of hydrogen-bond acceptors (Lipinski definition) is 7. The topological polar surface area (TPSA) is 83.6 Å². The van der Waals surface area contributed by atoms with Crippen molar-refractivity contribution in [3.63, 3.8) is 0 Å². The van der Waals surface area contributed by atoms with Gasteiger partial charge in [0.25, 0.3) is 5.91 Å². The Hall–Kier alpha value is -1.81. The summed E-state index contributed by atoms with van der Waals surface area (Å²) in [5.74, 6) is -0.266. The summed E-state index contributed by atoms with van der Waals surface area (Å²) in [4.78, 5) is 31.8. The summed E-state index contributed by atoms with van der Waals surface area (Å²) >= 11 is 2.80. The summed E-state index contributed by atoms with van der Waals surface area (Å²) in [6.07, 6.45) is 0.439. The average Bonchev–Trinajstić information content (AvgIpc) is 3.21. The van der Waals surface area contributed by atoms with Gasteiger partial charge in [0.2, 0.25) is 5.91 Å². The van der Waals surface area contributed by atoms with E-state index in [1.807, 2.05) is 11.4 Å². The van der Waals surface area contributed by atoms with E-state index in [1.54, 1.807) is 6.07 Å². The number of morpholine rings is 1. The summed E-state index contributed by atoms with van der Waals surface area (Å²) < 4.78 is 5.75. The van der Waals surface area contributed by atoms with Gasteiger partial charge in [-0.3, -0.25) is 19.8 Å². The van der Waals surface area contributed by atoms with E-state index in [0.717, 1.165) is 30.2 Å². The lowest BCUT2D eigenvalue weighted by atomic mass is 10.2. The van der Waals surface area contributed by atoms with E-state index in [9.17, 15) is 9.59 Å². The Morgan fingerprint density at radius 2 is 2.04 bits per heavy atom. The van der Waals surface area contributed by atoms with E-state index in [1.165, 1.54) is 29.6 Å². The predicted molar refractivity (Wildman–Crippen MR) is 107 cm³/mol. The Balaban J connectivity index is 1.54. The van der Waals surface area contributed by atoms with Crippen LogP contribution in [0.3, 0.4) is 0 Å². The van der Waals surface area contributed by atoms with Gasteiger partial charge in [0.15, 0.2) is 5.13 Å². The monoisotopic (exact) mass is 408 g/mol. The normalized spacial score (nSPS) is 20.4. The van der Waals surface area contributed by atoms with E-state index >= 15 is 0 Å². The molecule has 3 heterocycles. The van der Waals surface area contributed by atoms with E-state index in [-0.39, 0.29) is 24.0 Å². The lowest BCUT2D eigenvalue weighted by Crippen LogP contribution is -2.44. The average molecular weight is 409 g/mol. The maximum atomic E-state index is 12.4. The molecule has 0 saturated carbocycles. The zero-order valence-corrected chi connectivity index (χ0v) is 17.3. The van der Waals surface area contributed by atoms with Crippen LogP contribution in [-0.2, 0) is 22.6 Å². The molecule has 0 spiro atoms. The number of thiazole rings is 1. The van der Waals surface area contributed by atoms with Crippen LogP contribution in [-0.4, -0.2) is 47.0 Å². The number of hydrogen-bond donors (Lipinski definition) is 2. The minimum absolute atomic E-state index is 0.0891. The molecule has 2 atom stereocenters. The van der Waals surface area contributed by atoms with Gasteiger partial charge in [-0.25, -0.2) is 4.98 Å². The third-order valence-electron chi connectivity index (χ3n) is 4.05. The van der Waals surface area contributed by atoms with Gasteiger partial charge in [0.05, 0.1) is 29.3 Å². The quantitative estimate of drug-likeness (QED) is 0.768. The fourth-order valence-electron chi connectivity index (χ4n) is 3.04. The summed E-state index contributed by atoms with van der Waals surface area (Å²) in [6.45, 7) is 8.59. The van der Waals surface area contributed by atoms with Gasteiger partial charge in [0.1, 0.15) is 0 Å². The zero-order valence-electron chi connectivity index (χ0n) is 15.7. The van der Waals surface area contributed by atoms with Crippen molar-refractivity contribution in [3.05, 3.63) is 33.0 Å². The van der Waals surface area contributed by atoms with Crippen molar-refractivity contribution in [3.8, 4) is 0 Å². The largest absolute Gasteiger partial charge is 0.373 e. The molecule has 0 bridgehead atoms. The smallest absolute Gasteiger partial charge is 0.267 e. The highest BCUT2D eigenvalue weighted by atomic mass is 32.1. The number of nitrogens with zero attached hydrogens (tertiary/aromatic N) is 2. The molecule has 2 aromatic heterocycles. The SMILES string of the molecule is CC(=O)NCc1ccc(C(=O)Nc2nc(CN3CC(C)OC(C)C3)cs2)s1. The Bertz CT molecular complexity index is 794. The van der Waals surface area contributed by atoms with Crippen LogP contribution in [0.25, 0.3) is 0 Å². The van der Waals surface area contributed by atoms with Crippen molar-refractivity contribution in [1.29, 1.82) is 0 Å². The molecule has 27 heavy (non-hydrogen) atoms. The van der Waals surface area contributed by atoms with Crippen LogP contribution in [0.15, 0.2) is 17.5 Å². The number of ether oxygens (including phenoxy) is 1. The molecule has 3 rings (SSSR count). The van der Waals surface area contributed by atoms with Crippen LogP contribution < -0.4 is 10.6 Å². The van der Waals surface area contributed by atoms with Crippen LogP contribution >= 0.6 is 22.7 Å². The highest BCUT2D eigenvalue weighted by Crippen LogP contribution is 2.22. The number of aromatic nitrogens is 1. The van der Waals surface area contributed by atoms with Crippen LogP contribution in [0.5, 0.6) is 0 Å². The number of carbonyl (C=O) groups is 2. The second kappa shape index (κ2) is 8.92. The van der Waals surface area contributed by atoms with Gasteiger partial charge >= 0.3 is 0 Å². The molecule has 1 aliphatic rings. The fraction of sp³-hybridized carbons (Fsp3) is 0.500. The van der Waals surface area contributed by atoms with Crippen molar-refractivity contribution in [1.82, 2.24) is 15.2 Å². The molecule has 2 aromatic rings. The van der Waals surface area contributed by atoms with E-state index in [0.29, 0.717) is 16.6 Å². The van der Waals surface area contributed by atoms with Crippen molar-refractivity contribution in [2.45, 2.75) is 46.1 Å². The number of thiophene rings is 1. The molecular formula is C18H24N4O3S2. The predicted octanol–water partition coefficient (Wildman–Crippen LogP) is 2.70. The van der Waals surface area contributed by atoms with Crippen LogP contribution in [0.1, 0.15) is 41.0 Å². The zero-order chi connectivity index (χ0) is 19.4. The van der Waals surface area contributed by atoms with Crippen molar-refractivity contribution >= 4 is 39.6 Å². The standard InChI is InChI=1S/C18H24N4O3S2/c1-11-7-22(8-12(2)25-11)9-14-10-26-18(20-14)21-17(24)16-5-4-15(27-16)6-19-13(3)23/h4-5,10-12H,6-9H2,1-3H3,(H,19,23)(H,20,21,24). The van der Waals surface area contributed by atoms with Gasteiger partial charge in [-0.2, -0.15) is 0 Å². The molecule has 2 unspecified atom stereocenters. The Labute approximate surface area is 166 Å². The Kier molecular flexibility index (Phi) is 6.59. The second-order valence-electron chi connectivity index (χ2n) is 6.73. The number of nitrogens with one attached hydrogen (secondary N) is 2. The molecule has 1 aliphatic heterocycles. The first-order valence-electron chi connectivity index (χ1n) is 8.85. The number of amides is 2. The molecule has 0 aliphatic carbocycles. The second-order valence-corrected chi connectivity index (χ2v) is 8.75. The molecule has 146 valence electrons. The third-order valence-corrected chi connectivity index (χ3v) is 5.94. The highest BCUT2D eigenvalue weighted by molar-refractivity contribution is 7.15. The van der Waals surface area contributed by atoms with Crippen LogP contribution in [0.2, 0.25) is 0 Å². The lowest BCUT2D eigenvalue weighted by Gasteiger charge is -2.34. The maximum Gasteiger partial charge on any atom is 0.267 e. The molecule has 1 saturated heterocycles. The molecule has 2 amide bonds. The number of carbonyl (C=O) groups excluding carboxylic acids is 2.